The zero-order valence-corrected chi connectivity index (χ0v) is 12.0. The van der Waals surface area contributed by atoms with E-state index in [1.807, 2.05) is 6.07 Å². The summed E-state index contributed by atoms with van der Waals surface area (Å²) in [5.74, 6) is 0.490. The first-order valence-electron chi connectivity index (χ1n) is 6.76. The summed E-state index contributed by atoms with van der Waals surface area (Å²) >= 11 is 6.26. The van der Waals surface area contributed by atoms with Crippen LogP contribution >= 0.6 is 11.6 Å². The molecule has 2 aliphatic heterocycles. The topological polar surface area (TPSA) is 59.6 Å². The lowest BCUT2D eigenvalue weighted by Gasteiger charge is -2.29. The molecule has 3 rings (SSSR count). The normalized spacial score (nSPS) is 25.4. The van der Waals surface area contributed by atoms with Crippen LogP contribution in [0, 0.1) is 0 Å². The molecule has 5 nitrogen and oxygen atoms in total. The minimum atomic E-state index is -0.160. The number of hydrogen-bond acceptors (Lipinski definition) is 4. The van der Waals surface area contributed by atoms with Crippen LogP contribution in [0.4, 0.5) is 11.4 Å². The van der Waals surface area contributed by atoms with Crippen LogP contribution in [-0.4, -0.2) is 31.3 Å². The summed E-state index contributed by atoms with van der Waals surface area (Å²) < 4.78 is 10.9. The molecular weight excluding hydrogens is 280 g/mol. The molecule has 1 aromatic carbocycles. The van der Waals surface area contributed by atoms with Crippen LogP contribution in [0.15, 0.2) is 12.1 Å². The van der Waals surface area contributed by atoms with Gasteiger partial charge in [0.05, 0.1) is 22.5 Å². The second-order valence-electron chi connectivity index (χ2n) is 5.21. The van der Waals surface area contributed by atoms with Gasteiger partial charge in [0.25, 0.3) is 5.91 Å². The van der Waals surface area contributed by atoms with Gasteiger partial charge in [0.1, 0.15) is 5.75 Å². The van der Waals surface area contributed by atoms with Crippen LogP contribution in [0.25, 0.3) is 0 Å². The third-order valence-corrected chi connectivity index (χ3v) is 3.86. The number of carbonyl (C=O) groups excluding carboxylic acids is 1. The van der Waals surface area contributed by atoms with Crippen molar-refractivity contribution < 1.29 is 14.3 Å². The molecule has 2 aliphatic rings. The Morgan fingerprint density at radius 1 is 1.45 bits per heavy atom. The number of amides is 1. The van der Waals surface area contributed by atoms with Crippen molar-refractivity contribution in [1.29, 1.82) is 0 Å². The molecule has 2 atom stereocenters. The Balaban J connectivity index is 1.78. The molecule has 108 valence electrons. The summed E-state index contributed by atoms with van der Waals surface area (Å²) in [4.78, 5) is 11.3. The Kier molecular flexibility index (Phi) is 3.72. The fraction of sp³-hybridized carbons (Fsp3) is 0.500. The number of anilines is 2. The Morgan fingerprint density at radius 3 is 3.10 bits per heavy atom. The zero-order chi connectivity index (χ0) is 14.1. The maximum absolute atomic E-state index is 11.3. The molecule has 1 amide bonds. The first-order valence-corrected chi connectivity index (χ1v) is 7.14. The highest BCUT2D eigenvalue weighted by Gasteiger charge is 2.22. The van der Waals surface area contributed by atoms with E-state index >= 15 is 0 Å². The SMILES string of the molecule is CC1CC(Nc2cc3c(cc2Cl)NC(=O)CO3)CCO1. The maximum Gasteiger partial charge on any atom is 0.262 e. The van der Waals surface area contributed by atoms with Crippen LogP contribution in [0.3, 0.4) is 0 Å². The van der Waals surface area contributed by atoms with E-state index in [0.29, 0.717) is 22.5 Å². The maximum atomic E-state index is 11.3. The van der Waals surface area contributed by atoms with Gasteiger partial charge in [-0.25, -0.2) is 0 Å². The summed E-state index contributed by atoms with van der Waals surface area (Å²) in [5.41, 5.74) is 1.46. The molecule has 0 spiro atoms. The molecule has 0 radical (unpaired) electrons. The van der Waals surface area contributed by atoms with Crippen LogP contribution < -0.4 is 15.4 Å². The summed E-state index contributed by atoms with van der Waals surface area (Å²) in [7, 11) is 0. The van der Waals surface area contributed by atoms with Crippen molar-refractivity contribution >= 4 is 28.9 Å². The lowest BCUT2D eigenvalue weighted by Crippen LogP contribution is -2.32. The molecular formula is C14H17ClN2O3. The first-order chi connectivity index (χ1) is 9.61. The zero-order valence-electron chi connectivity index (χ0n) is 11.2. The predicted molar refractivity (Wildman–Crippen MR) is 77.6 cm³/mol. The number of halogens is 1. The van der Waals surface area contributed by atoms with Gasteiger partial charge in [0.15, 0.2) is 6.61 Å². The average molecular weight is 297 g/mol. The van der Waals surface area contributed by atoms with Gasteiger partial charge in [-0.3, -0.25) is 4.79 Å². The first kappa shape index (κ1) is 13.5. The lowest BCUT2D eigenvalue weighted by molar-refractivity contribution is -0.118. The summed E-state index contributed by atoms with van der Waals surface area (Å²) in [6, 6.07) is 3.91. The molecule has 6 heteroatoms. The van der Waals surface area contributed by atoms with E-state index in [0.717, 1.165) is 25.1 Å². The van der Waals surface area contributed by atoms with Crippen molar-refractivity contribution in [2.45, 2.75) is 31.9 Å². The van der Waals surface area contributed by atoms with Crippen LogP contribution in [-0.2, 0) is 9.53 Å². The Bertz CT molecular complexity index is 535. The highest BCUT2D eigenvalue weighted by atomic mass is 35.5. The summed E-state index contributed by atoms with van der Waals surface area (Å²) in [5, 5.41) is 6.76. The van der Waals surface area contributed by atoms with Gasteiger partial charge in [-0.2, -0.15) is 0 Å². The second-order valence-corrected chi connectivity index (χ2v) is 5.62. The Labute approximate surface area is 122 Å². The van der Waals surface area contributed by atoms with Crippen LogP contribution in [0.5, 0.6) is 5.75 Å². The minimum Gasteiger partial charge on any atom is -0.482 e. The fourth-order valence-corrected chi connectivity index (χ4v) is 2.78. The molecule has 1 saturated heterocycles. The third-order valence-electron chi connectivity index (χ3n) is 3.55. The van der Waals surface area contributed by atoms with Crippen molar-refractivity contribution in [3.05, 3.63) is 17.2 Å². The monoisotopic (exact) mass is 296 g/mol. The highest BCUT2D eigenvalue weighted by Crippen LogP contribution is 2.37. The van der Waals surface area contributed by atoms with Crippen molar-refractivity contribution in [3.63, 3.8) is 0 Å². The summed E-state index contributed by atoms with van der Waals surface area (Å²) in [6.07, 6.45) is 2.16. The molecule has 1 fully saturated rings. The lowest BCUT2D eigenvalue weighted by atomic mass is 10.0. The van der Waals surface area contributed by atoms with Gasteiger partial charge in [-0.05, 0) is 25.8 Å². The van der Waals surface area contributed by atoms with Gasteiger partial charge in [0, 0.05) is 18.7 Å². The smallest absolute Gasteiger partial charge is 0.262 e. The van der Waals surface area contributed by atoms with Crippen molar-refractivity contribution in [3.8, 4) is 5.75 Å². The molecule has 2 N–H and O–H groups in total. The number of rotatable bonds is 2. The molecule has 1 aromatic rings. The van der Waals surface area contributed by atoms with E-state index < -0.39 is 0 Å². The fourth-order valence-electron chi connectivity index (χ4n) is 2.56. The molecule has 0 saturated carbocycles. The van der Waals surface area contributed by atoms with Crippen molar-refractivity contribution in [2.75, 3.05) is 23.8 Å². The van der Waals surface area contributed by atoms with E-state index in [4.69, 9.17) is 21.1 Å². The molecule has 0 aromatic heterocycles. The standard InChI is InChI=1S/C14H17ClN2O3/c1-8-4-9(2-3-19-8)16-11-6-13-12(5-10(11)15)17-14(18)7-20-13/h5-6,8-9,16H,2-4,7H2,1H3,(H,17,18). The Hall–Kier alpha value is -1.46. The van der Waals surface area contributed by atoms with Gasteiger partial charge in [-0.15, -0.1) is 0 Å². The number of hydrogen-bond donors (Lipinski definition) is 2. The van der Waals surface area contributed by atoms with Crippen LogP contribution in [0.2, 0.25) is 5.02 Å². The molecule has 0 aliphatic carbocycles. The van der Waals surface area contributed by atoms with Crippen LogP contribution in [0.1, 0.15) is 19.8 Å². The average Bonchev–Trinajstić information content (AvgIpc) is 2.40. The van der Waals surface area contributed by atoms with E-state index in [1.54, 1.807) is 6.07 Å². The van der Waals surface area contributed by atoms with E-state index in [9.17, 15) is 4.79 Å². The van der Waals surface area contributed by atoms with Crippen molar-refractivity contribution in [2.24, 2.45) is 0 Å². The molecule has 0 bridgehead atoms. The summed E-state index contributed by atoms with van der Waals surface area (Å²) in [6.45, 7) is 2.87. The quantitative estimate of drug-likeness (QED) is 0.881. The van der Waals surface area contributed by atoms with Gasteiger partial charge in [0.2, 0.25) is 0 Å². The van der Waals surface area contributed by atoms with Gasteiger partial charge >= 0.3 is 0 Å². The molecule has 2 heterocycles. The third kappa shape index (κ3) is 2.83. The number of benzene rings is 1. The largest absolute Gasteiger partial charge is 0.482 e. The van der Waals surface area contributed by atoms with Gasteiger partial charge < -0.3 is 20.1 Å². The number of ether oxygens (including phenoxy) is 2. The van der Waals surface area contributed by atoms with E-state index in [2.05, 4.69) is 17.6 Å². The molecule has 2 unspecified atom stereocenters. The second kappa shape index (κ2) is 5.50. The number of fused-ring (bicyclic) bond motifs is 1. The predicted octanol–water partition coefficient (Wildman–Crippen LogP) is 2.65. The van der Waals surface area contributed by atoms with E-state index in [1.165, 1.54) is 0 Å². The highest BCUT2D eigenvalue weighted by molar-refractivity contribution is 6.33. The Morgan fingerprint density at radius 2 is 2.30 bits per heavy atom. The van der Waals surface area contributed by atoms with Crippen molar-refractivity contribution in [1.82, 2.24) is 0 Å². The molecule has 20 heavy (non-hydrogen) atoms. The van der Waals surface area contributed by atoms with Gasteiger partial charge in [-0.1, -0.05) is 11.6 Å². The van der Waals surface area contributed by atoms with E-state index in [-0.39, 0.29) is 18.6 Å². The number of nitrogens with one attached hydrogen (secondary N) is 2. The number of carbonyl (C=O) groups is 1. The minimum absolute atomic E-state index is 0.0440.